The van der Waals surface area contributed by atoms with Gasteiger partial charge in [0.05, 0.1) is 17.2 Å². The lowest BCUT2D eigenvalue weighted by Crippen LogP contribution is -2.35. The molecule has 156 valence electrons. The SMILES string of the molecule is Cc1cccc(NC(=O)c2ccccc2NC(=O)[C@@H]2CC(=O)N(C3CCCC3)C2)c1. The van der Waals surface area contributed by atoms with Gasteiger partial charge in [0.25, 0.3) is 5.91 Å². The number of benzene rings is 2. The molecule has 3 amide bonds. The van der Waals surface area contributed by atoms with Crippen molar-refractivity contribution in [3.63, 3.8) is 0 Å². The number of likely N-dealkylation sites (tertiary alicyclic amines) is 1. The summed E-state index contributed by atoms with van der Waals surface area (Å²) in [6, 6.07) is 14.8. The number of carbonyl (C=O) groups is 3. The molecule has 2 aliphatic rings. The molecule has 2 aromatic rings. The summed E-state index contributed by atoms with van der Waals surface area (Å²) < 4.78 is 0. The molecular weight excluding hydrogens is 378 g/mol. The topological polar surface area (TPSA) is 78.5 Å². The number of nitrogens with zero attached hydrogens (tertiary/aromatic N) is 1. The van der Waals surface area contributed by atoms with Crippen molar-refractivity contribution in [2.45, 2.75) is 45.1 Å². The van der Waals surface area contributed by atoms with Crippen LogP contribution < -0.4 is 10.6 Å². The standard InChI is InChI=1S/C24H27N3O3/c1-16-7-6-8-18(13-16)25-24(30)20-11-4-5-12-21(20)26-23(29)17-14-22(28)27(15-17)19-9-2-3-10-19/h4-8,11-13,17,19H,2-3,9-10,14-15H2,1H3,(H,25,30)(H,26,29)/t17-/m1/s1. The van der Waals surface area contributed by atoms with Crippen LogP contribution in [0.1, 0.15) is 48.0 Å². The van der Waals surface area contributed by atoms with Crippen LogP contribution in [0.25, 0.3) is 0 Å². The Morgan fingerprint density at radius 3 is 2.53 bits per heavy atom. The Morgan fingerprint density at radius 2 is 1.77 bits per heavy atom. The van der Waals surface area contributed by atoms with E-state index in [4.69, 9.17) is 0 Å². The summed E-state index contributed by atoms with van der Waals surface area (Å²) in [5.41, 5.74) is 2.60. The van der Waals surface area contributed by atoms with Gasteiger partial charge in [-0.3, -0.25) is 14.4 Å². The quantitative estimate of drug-likeness (QED) is 0.790. The molecule has 0 radical (unpaired) electrons. The van der Waals surface area contributed by atoms with Crippen molar-refractivity contribution in [2.75, 3.05) is 17.2 Å². The van der Waals surface area contributed by atoms with Gasteiger partial charge in [0, 0.05) is 24.7 Å². The number of anilines is 2. The first-order chi connectivity index (χ1) is 14.5. The molecule has 4 rings (SSSR count). The van der Waals surface area contributed by atoms with E-state index in [9.17, 15) is 14.4 Å². The van der Waals surface area contributed by atoms with Gasteiger partial charge in [-0.15, -0.1) is 0 Å². The second-order valence-corrected chi connectivity index (χ2v) is 8.24. The lowest BCUT2D eigenvalue weighted by Gasteiger charge is -2.24. The summed E-state index contributed by atoms with van der Waals surface area (Å²) in [6.45, 7) is 2.43. The van der Waals surface area contributed by atoms with Crippen molar-refractivity contribution in [1.82, 2.24) is 4.90 Å². The Hall–Kier alpha value is -3.15. The molecular formula is C24H27N3O3. The zero-order valence-corrected chi connectivity index (χ0v) is 17.2. The molecule has 0 spiro atoms. The fraction of sp³-hybridized carbons (Fsp3) is 0.375. The van der Waals surface area contributed by atoms with Crippen LogP contribution in [-0.2, 0) is 9.59 Å². The monoisotopic (exact) mass is 405 g/mol. The van der Waals surface area contributed by atoms with Crippen LogP contribution in [0.2, 0.25) is 0 Å². The first kappa shape index (κ1) is 20.1. The fourth-order valence-electron chi connectivity index (χ4n) is 4.42. The van der Waals surface area contributed by atoms with Crippen molar-refractivity contribution in [1.29, 1.82) is 0 Å². The average Bonchev–Trinajstić information content (AvgIpc) is 3.38. The van der Waals surface area contributed by atoms with Crippen LogP contribution in [0.5, 0.6) is 0 Å². The minimum absolute atomic E-state index is 0.0625. The molecule has 30 heavy (non-hydrogen) atoms. The summed E-state index contributed by atoms with van der Waals surface area (Å²) in [7, 11) is 0. The second kappa shape index (κ2) is 8.69. The maximum absolute atomic E-state index is 12.9. The summed E-state index contributed by atoms with van der Waals surface area (Å²) in [6.07, 6.45) is 4.59. The van der Waals surface area contributed by atoms with E-state index in [0.29, 0.717) is 23.5 Å². The summed E-state index contributed by atoms with van der Waals surface area (Å²) in [5, 5.41) is 5.76. The minimum Gasteiger partial charge on any atom is -0.339 e. The van der Waals surface area contributed by atoms with Gasteiger partial charge in [-0.25, -0.2) is 0 Å². The molecule has 0 bridgehead atoms. The van der Waals surface area contributed by atoms with Crippen LogP contribution >= 0.6 is 0 Å². The van der Waals surface area contributed by atoms with E-state index >= 15 is 0 Å². The number of hydrogen-bond donors (Lipinski definition) is 2. The number of aryl methyl sites for hydroxylation is 1. The molecule has 1 aliphatic carbocycles. The van der Waals surface area contributed by atoms with Crippen molar-refractivity contribution < 1.29 is 14.4 Å². The Labute approximate surface area is 176 Å². The molecule has 2 N–H and O–H groups in total. The smallest absolute Gasteiger partial charge is 0.257 e. The average molecular weight is 405 g/mol. The van der Waals surface area contributed by atoms with E-state index in [1.165, 1.54) is 0 Å². The van der Waals surface area contributed by atoms with Gasteiger partial charge in [-0.2, -0.15) is 0 Å². The highest BCUT2D eigenvalue weighted by Crippen LogP contribution is 2.30. The zero-order valence-electron chi connectivity index (χ0n) is 17.2. The van der Waals surface area contributed by atoms with Gasteiger partial charge in [-0.05, 0) is 49.6 Å². The fourth-order valence-corrected chi connectivity index (χ4v) is 4.42. The number of nitrogens with one attached hydrogen (secondary N) is 2. The van der Waals surface area contributed by atoms with Gasteiger partial charge in [0.2, 0.25) is 11.8 Å². The lowest BCUT2D eigenvalue weighted by atomic mass is 10.1. The third kappa shape index (κ3) is 4.37. The number of carbonyl (C=O) groups excluding carboxylic acids is 3. The maximum Gasteiger partial charge on any atom is 0.257 e. The Morgan fingerprint density at radius 1 is 1.00 bits per heavy atom. The van der Waals surface area contributed by atoms with E-state index < -0.39 is 0 Å². The molecule has 2 aromatic carbocycles. The first-order valence-electron chi connectivity index (χ1n) is 10.6. The van der Waals surface area contributed by atoms with Crippen LogP contribution in [0.15, 0.2) is 48.5 Å². The van der Waals surface area contributed by atoms with Gasteiger partial charge >= 0.3 is 0 Å². The molecule has 6 heteroatoms. The Balaban J connectivity index is 1.44. The molecule has 0 unspecified atom stereocenters. The highest BCUT2D eigenvalue weighted by atomic mass is 16.2. The number of para-hydroxylation sites is 1. The van der Waals surface area contributed by atoms with Crippen LogP contribution in [0.3, 0.4) is 0 Å². The normalized spacial score (nSPS) is 19.2. The van der Waals surface area contributed by atoms with Crippen molar-refractivity contribution in [2.24, 2.45) is 5.92 Å². The summed E-state index contributed by atoms with van der Waals surface area (Å²) in [4.78, 5) is 40.0. The molecule has 6 nitrogen and oxygen atoms in total. The van der Waals surface area contributed by atoms with E-state index in [1.807, 2.05) is 36.1 Å². The van der Waals surface area contributed by atoms with Crippen LogP contribution in [0.4, 0.5) is 11.4 Å². The van der Waals surface area contributed by atoms with E-state index in [0.717, 1.165) is 31.2 Å². The molecule has 0 aromatic heterocycles. The third-order valence-electron chi connectivity index (χ3n) is 6.00. The van der Waals surface area contributed by atoms with Gasteiger partial charge in [-0.1, -0.05) is 37.1 Å². The predicted octanol–water partition coefficient (Wildman–Crippen LogP) is 3.98. The van der Waals surface area contributed by atoms with Crippen molar-refractivity contribution >= 4 is 29.1 Å². The minimum atomic E-state index is -0.383. The van der Waals surface area contributed by atoms with E-state index in [2.05, 4.69) is 10.6 Å². The maximum atomic E-state index is 12.9. The van der Waals surface area contributed by atoms with E-state index in [1.54, 1.807) is 24.3 Å². The predicted molar refractivity (Wildman–Crippen MR) is 116 cm³/mol. The van der Waals surface area contributed by atoms with Crippen LogP contribution in [-0.4, -0.2) is 35.2 Å². The zero-order chi connectivity index (χ0) is 21.1. The molecule has 1 heterocycles. The molecule has 1 saturated carbocycles. The largest absolute Gasteiger partial charge is 0.339 e. The van der Waals surface area contributed by atoms with Crippen molar-refractivity contribution in [3.05, 3.63) is 59.7 Å². The van der Waals surface area contributed by atoms with E-state index in [-0.39, 0.29) is 36.1 Å². The van der Waals surface area contributed by atoms with Gasteiger partial charge in [0.1, 0.15) is 0 Å². The second-order valence-electron chi connectivity index (χ2n) is 8.24. The van der Waals surface area contributed by atoms with Gasteiger partial charge < -0.3 is 15.5 Å². The third-order valence-corrected chi connectivity index (χ3v) is 6.00. The molecule has 1 atom stereocenters. The summed E-state index contributed by atoms with van der Waals surface area (Å²) >= 11 is 0. The summed E-state index contributed by atoms with van der Waals surface area (Å²) in [5.74, 6) is -0.815. The Bertz CT molecular complexity index is 966. The van der Waals surface area contributed by atoms with Crippen LogP contribution in [0, 0.1) is 12.8 Å². The highest BCUT2D eigenvalue weighted by molar-refractivity contribution is 6.10. The molecule has 2 fully saturated rings. The highest BCUT2D eigenvalue weighted by Gasteiger charge is 2.38. The van der Waals surface area contributed by atoms with Gasteiger partial charge in [0.15, 0.2) is 0 Å². The number of hydrogen-bond acceptors (Lipinski definition) is 3. The molecule has 1 aliphatic heterocycles. The van der Waals surface area contributed by atoms with Crippen molar-refractivity contribution in [3.8, 4) is 0 Å². The molecule has 1 saturated heterocycles. The number of rotatable bonds is 5. The Kier molecular flexibility index (Phi) is 5.84. The lowest BCUT2D eigenvalue weighted by molar-refractivity contribution is -0.129. The first-order valence-corrected chi connectivity index (χ1v) is 10.6. The number of amides is 3.